The Labute approximate surface area is 187 Å². The molecular weight excluding hydrogens is 414 g/mol. The van der Waals surface area contributed by atoms with Gasteiger partial charge in [-0.15, -0.1) is 0 Å². The fourth-order valence-corrected chi connectivity index (χ4v) is 4.06. The number of carbonyl (C=O) groups is 1. The van der Waals surface area contributed by atoms with Crippen LogP contribution in [0.25, 0.3) is 0 Å². The summed E-state index contributed by atoms with van der Waals surface area (Å²) in [7, 11) is 0. The number of hydrogen-bond donors (Lipinski definition) is 0. The first kappa shape index (κ1) is 21.5. The lowest BCUT2D eigenvalue weighted by Gasteiger charge is -2.32. The molecule has 31 heavy (non-hydrogen) atoms. The van der Waals surface area contributed by atoms with Crippen molar-refractivity contribution in [3.05, 3.63) is 81.3 Å². The van der Waals surface area contributed by atoms with Gasteiger partial charge in [0.25, 0.3) is 5.91 Å². The fourth-order valence-electron chi connectivity index (χ4n) is 3.86. The number of pyridine rings is 1. The van der Waals surface area contributed by atoms with E-state index in [1.54, 1.807) is 11.8 Å². The van der Waals surface area contributed by atoms with Crippen molar-refractivity contribution in [3.63, 3.8) is 0 Å². The first-order valence-electron chi connectivity index (χ1n) is 10.5. The van der Waals surface area contributed by atoms with Crippen LogP contribution in [-0.4, -0.2) is 40.5 Å². The minimum atomic E-state index is -0.295. The van der Waals surface area contributed by atoms with Crippen molar-refractivity contribution in [1.82, 2.24) is 14.9 Å². The lowest BCUT2D eigenvalue weighted by Crippen LogP contribution is -2.42. The van der Waals surface area contributed by atoms with E-state index in [1.165, 1.54) is 0 Å². The van der Waals surface area contributed by atoms with Crippen LogP contribution in [0.2, 0.25) is 5.02 Å². The number of halogens is 1. The minimum Gasteiger partial charge on any atom is -0.435 e. The number of benzene rings is 1. The Morgan fingerprint density at radius 3 is 2.77 bits per heavy atom. The van der Waals surface area contributed by atoms with Crippen molar-refractivity contribution < 1.29 is 13.9 Å². The Balaban J connectivity index is 1.54. The Morgan fingerprint density at radius 1 is 1.23 bits per heavy atom. The molecule has 0 unspecified atom stereocenters. The van der Waals surface area contributed by atoms with E-state index >= 15 is 0 Å². The van der Waals surface area contributed by atoms with Gasteiger partial charge in [0.05, 0.1) is 24.5 Å². The molecule has 3 aromatic rings. The molecule has 1 saturated heterocycles. The second kappa shape index (κ2) is 9.20. The molecule has 0 N–H and O–H groups in total. The van der Waals surface area contributed by atoms with Crippen LogP contribution in [0.3, 0.4) is 0 Å². The summed E-state index contributed by atoms with van der Waals surface area (Å²) < 4.78 is 11.7. The molecule has 6 nitrogen and oxygen atoms in total. The third-order valence-corrected chi connectivity index (χ3v) is 5.78. The molecule has 0 aliphatic carbocycles. The number of rotatable bonds is 5. The van der Waals surface area contributed by atoms with Gasteiger partial charge in [-0.3, -0.25) is 9.78 Å². The number of aryl methyl sites for hydroxylation is 3. The number of oxazole rings is 1. The number of aromatic nitrogens is 2. The smallest absolute Gasteiger partial charge is 0.291 e. The summed E-state index contributed by atoms with van der Waals surface area (Å²) in [5.41, 5.74) is 4.53. The van der Waals surface area contributed by atoms with Crippen LogP contribution in [0, 0.1) is 13.8 Å². The third-order valence-electron chi connectivity index (χ3n) is 5.41. The van der Waals surface area contributed by atoms with Crippen LogP contribution in [0.4, 0.5) is 0 Å². The normalized spacial score (nSPS) is 16.5. The Bertz CT molecular complexity index is 1100. The zero-order valence-electron chi connectivity index (χ0n) is 18.0. The van der Waals surface area contributed by atoms with E-state index in [1.807, 2.05) is 44.2 Å². The predicted molar refractivity (Wildman–Crippen MR) is 118 cm³/mol. The van der Waals surface area contributed by atoms with Gasteiger partial charge in [-0.1, -0.05) is 36.7 Å². The number of carbonyl (C=O) groups excluding carboxylic acids is 1. The highest BCUT2D eigenvalue weighted by atomic mass is 35.5. The van der Waals surface area contributed by atoms with Gasteiger partial charge in [0.2, 0.25) is 5.76 Å². The van der Waals surface area contributed by atoms with E-state index in [0.717, 1.165) is 27.5 Å². The Kier molecular flexibility index (Phi) is 6.39. The standard InChI is InChI=1S/C24H26ClN3O3/c1-4-22-27-16(3)23(31-22)24(29)28-9-10-30-21(14-28)20-13-17(11-15(2)26-20)12-18-7-5-6-8-19(18)25/h5-8,11,13,21H,4,9-10,12,14H2,1-3H3/t21-/m0/s1. The van der Waals surface area contributed by atoms with Crippen LogP contribution >= 0.6 is 11.6 Å². The molecule has 0 saturated carbocycles. The van der Waals surface area contributed by atoms with Crippen molar-refractivity contribution in [2.24, 2.45) is 0 Å². The molecule has 2 aromatic heterocycles. The molecule has 1 atom stereocenters. The molecular formula is C24H26ClN3O3. The summed E-state index contributed by atoms with van der Waals surface area (Å²) >= 11 is 6.34. The largest absolute Gasteiger partial charge is 0.435 e. The maximum Gasteiger partial charge on any atom is 0.291 e. The molecule has 0 spiro atoms. The summed E-state index contributed by atoms with van der Waals surface area (Å²) in [6.07, 6.45) is 1.07. The highest BCUT2D eigenvalue weighted by molar-refractivity contribution is 6.31. The van der Waals surface area contributed by atoms with Gasteiger partial charge in [0.1, 0.15) is 6.10 Å². The van der Waals surface area contributed by atoms with Crippen LogP contribution in [0.1, 0.15) is 57.7 Å². The topological polar surface area (TPSA) is 68.5 Å². The number of hydrogen-bond acceptors (Lipinski definition) is 5. The first-order valence-corrected chi connectivity index (χ1v) is 10.9. The van der Waals surface area contributed by atoms with Crippen LogP contribution in [0.5, 0.6) is 0 Å². The van der Waals surface area contributed by atoms with Crippen LogP contribution in [-0.2, 0) is 17.6 Å². The van der Waals surface area contributed by atoms with Gasteiger partial charge in [0, 0.05) is 23.7 Å². The van der Waals surface area contributed by atoms with E-state index in [2.05, 4.69) is 11.1 Å². The maximum atomic E-state index is 13.0. The monoisotopic (exact) mass is 439 g/mol. The number of ether oxygens (including phenoxy) is 1. The zero-order valence-corrected chi connectivity index (χ0v) is 18.8. The third kappa shape index (κ3) is 4.81. The molecule has 1 aliphatic rings. The average Bonchev–Trinajstić information content (AvgIpc) is 3.15. The van der Waals surface area contributed by atoms with E-state index in [9.17, 15) is 4.79 Å². The zero-order chi connectivity index (χ0) is 22.0. The van der Waals surface area contributed by atoms with Crippen molar-refractivity contribution in [3.8, 4) is 0 Å². The molecule has 0 radical (unpaired) electrons. The molecule has 1 aromatic carbocycles. The van der Waals surface area contributed by atoms with Crippen LogP contribution < -0.4 is 0 Å². The van der Waals surface area contributed by atoms with E-state index < -0.39 is 0 Å². The fraction of sp³-hybridized carbons (Fsp3) is 0.375. The summed E-state index contributed by atoms with van der Waals surface area (Å²) in [4.78, 5) is 23.8. The van der Waals surface area contributed by atoms with Gasteiger partial charge in [-0.2, -0.15) is 0 Å². The van der Waals surface area contributed by atoms with E-state index in [0.29, 0.717) is 49.9 Å². The molecule has 4 rings (SSSR count). The minimum absolute atomic E-state index is 0.151. The highest BCUT2D eigenvalue weighted by Gasteiger charge is 2.30. The number of amides is 1. The van der Waals surface area contributed by atoms with E-state index in [4.69, 9.17) is 25.7 Å². The second-order valence-electron chi connectivity index (χ2n) is 7.80. The van der Waals surface area contributed by atoms with Crippen molar-refractivity contribution in [1.29, 1.82) is 0 Å². The van der Waals surface area contributed by atoms with Gasteiger partial charge in [-0.25, -0.2) is 4.98 Å². The van der Waals surface area contributed by atoms with Crippen LogP contribution in [0.15, 0.2) is 40.8 Å². The van der Waals surface area contributed by atoms with Gasteiger partial charge in [0.15, 0.2) is 5.89 Å². The molecule has 7 heteroatoms. The summed E-state index contributed by atoms with van der Waals surface area (Å²) in [6.45, 7) is 7.09. The maximum absolute atomic E-state index is 13.0. The molecule has 3 heterocycles. The van der Waals surface area contributed by atoms with Gasteiger partial charge >= 0.3 is 0 Å². The average molecular weight is 440 g/mol. The molecule has 162 valence electrons. The second-order valence-corrected chi connectivity index (χ2v) is 8.20. The summed E-state index contributed by atoms with van der Waals surface area (Å²) in [6, 6.07) is 11.9. The van der Waals surface area contributed by atoms with Crippen molar-refractivity contribution in [2.75, 3.05) is 19.7 Å². The lowest BCUT2D eigenvalue weighted by molar-refractivity contribution is -0.0258. The highest BCUT2D eigenvalue weighted by Crippen LogP contribution is 2.26. The van der Waals surface area contributed by atoms with Gasteiger partial charge in [-0.05, 0) is 49.6 Å². The quantitative estimate of drug-likeness (QED) is 0.576. The Hall–Kier alpha value is -2.70. The van der Waals surface area contributed by atoms with Gasteiger partial charge < -0.3 is 14.1 Å². The van der Waals surface area contributed by atoms with Crippen molar-refractivity contribution >= 4 is 17.5 Å². The van der Waals surface area contributed by atoms with Crippen molar-refractivity contribution in [2.45, 2.75) is 39.7 Å². The van der Waals surface area contributed by atoms with E-state index in [-0.39, 0.29) is 12.0 Å². The molecule has 1 amide bonds. The number of morpholine rings is 1. The molecule has 1 fully saturated rings. The number of nitrogens with zero attached hydrogens (tertiary/aromatic N) is 3. The predicted octanol–water partition coefficient (Wildman–Crippen LogP) is 4.71. The first-order chi connectivity index (χ1) is 14.9. The summed E-state index contributed by atoms with van der Waals surface area (Å²) in [5, 5.41) is 0.748. The molecule has 0 bridgehead atoms. The lowest BCUT2D eigenvalue weighted by atomic mass is 10.0. The Morgan fingerprint density at radius 2 is 2.03 bits per heavy atom. The SMILES string of the molecule is CCc1nc(C)c(C(=O)N2CCO[C@H](c3cc(Cc4ccccc4Cl)cc(C)n3)C2)o1. The summed E-state index contributed by atoms with van der Waals surface area (Å²) in [5.74, 6) is 0.742. The molecule has 1 aliphatic heterocycles.